The Morgan fingerprint density at radius 1 is 1.04 bits per heavy atom. The van der Waals surface area contributed by atoms with E-state index in [0.29, 0.717) is 17.2 Å². The first-order valence-electron chi connectivity index (χ1n) is 8.12. The van der Waals surface area contributed by atoms with Gasteiger partial charge in [0.1, 0.15) is 0 Å². The maximum Gasteiger partial charge on any atom is 0.338 e. The van der Waals surface area contributed by atoms with Crippen LogP contribution in [0.4, 0.5) is 5.69 Å². The molecule has 0 aliphatic rings. The maximum absolute atomic E-state index is 11.9. The van der Waals surface area contributed by atoms with E-state index < -0.39 is 5.97 Å². The molecule has 6 nitrogen and oxygen atoms in total. The smallest absolute Gasteiger partial charge is 0.338 e. The zero-order valence-electron chi connectivity index (χ0n) is 14.7. The predicted octanol–water partition coefficient (Wildman–Crippen LogP) is 2.74. The van der Waals surface area contributed by atoms with Gasteiger partial charge >= 0.3 is 5.97 Å². The number of carbonyl (C=O) groups excluding carboxylic acids is 3. The van der Waals surface area contributed by atoms with Gasteiger partial charge in [-0.1, -0.05) is 13.8 Å². The summed E-state index contributed by atoms with van der Waals surface area (Å²) in [6.07, 6.45) is 1.92. The minimum atomic E-state index is -0.575. The third-order valence-electron chi connectivity index (χ3n) is 3.36. The fourth-order valence-corrected chi connectivity index (χ4v) is 2.08. The summed E-state index contributed by atoms with van der Waals surface area (Å²) in [6, 6.07) is 6.33. The molecule has 1 rings (SSSR count). The van der Waals surface area contributed by atoms with E-state index >= 15 is 0 Å². The molecule has 0 saturated carbocycles. The molecule has 6 heteroatoms. The molecule has 0 heterocycles. The Morgan fingerprint density at radius 2 is 1.67 bits per heavy atom. The summed E-state index contributed by atoms with van der Waals surface area (Å²) in [7, 11) is 0. The SMILES string of the molecule is CC(=O)Nc1ccc(C(=O)OCC(=O)N[C@H](C)CCC(C)C)cc1. The lowest BCUT2D eigenvalue weighted by atomic mass is 10.0. The molecule has 0 aliphatic carbocycles. The second kappa shape index (κ2) is 9.70. The van der Waals surface area contributed by atoms with E-state index in [4.69, 9.17) is 4.74 Å². The maximum atomic E-state index is 11.9. The molecule has 2 amide bonds. The van der Waals surface area contributed by atoms with Crippen LogP contribution >= 0.6 is 0 Å². The number of esters is 1. The van der Waals surface area contributed by atoms with Gasteiger partial charge in [-0.15, -0.1) is 0 Å². The average Bonchev–Trinajstić information content (AvgIpc) is 2.50. The standard InChI is InChI=1S/C18H26N2O4/c1-12(2)5-6-13(3)19-17(22)11-24-18(23)15-7-9-16(10-8-15)20-14(4)21/h7-10,12-13H,5-6,11H2,1-4H3,(H,19,22)(H,20,21)/t13-/m1/s1. The zero-order chi connectivity index (χ0) is 18.1. The van der Waals surface area contributed by atoms with Gasteiger partial charge in [-0.2, -0.15) is 0 Å². The first kappa shape index (κ1) is 19.7. The summed E-state index contributed by atoms with van der Waals surface area (Å²) in [5, 5.41) is 5.42. The van der Waals surface area contributed by atoms with Crippen molar-refractivity contribution in [2.75, 3.05) is 11.9 Å². The third-order valence-corrected chi connectivity index (χ3v) is 3.36. The highest BCUT2D eigenvalue weighted by Crippen LogP contribution is 2.10. The molecule has 1 aromatic carbocycles. The molecule has 0 aromatic heterocycles. The van der Waals surface area contributed by atoms with Crippen LogP contribution in [-0.4, -0.2) is 30.4 Å². The number of ether oxygens (including phenoxy) is 1. The summed E-state index contributed by atoms with van der Waals surface area (Å²) < 4.78 is 5.00. The van der Waals surface area contributed by atoms with Crippen LogP contribution in [0.1, 0.15) is 50.9 Å². The lowest BCUT2D eigenvalue weighted by Gasteiger charge is -2.15. The van der Waals surface area contributed by atoms with Crippen molar-refractivity contribution in [3.63, 3.8) is 0 Å². The molecule has 0 radical (unpaired) electrons. The molecular weight excluding hydrogens is 308 g/mol. The molecule has 1 aromatic rings. The molecule has 0 bridgehead atoms. The van der Waals surface area contributed by atoms with Crippen molar-refractivity contribution in [3.8, 4) is 0 Å². The van der Waals surface area contributed by atoms with E-state index in [9.17, 15) is 14.4 Å². The first-order valence-corrected chi connectivity index (χ1v) is 8.12. The first-order chi connectivity index (χ1) is 11.3. The molecule has 0 spiro atoms. The van der Waals surface area contributed by atoms with Gasteiger partial charge in [0.25, 0.3) is 5.91 Å². The molecule has 0 unspecified atom stereocenters. The average molecular weight is 334 g/mol. The van der Waals surface area contributed by atoms with Gasteiger partial charge in [0.2, 0.25) is 5.91 Å². The van der Waals surface area contributed by atoms with Crippen molar-refractivity contribution < 1.29 is 19.1 Å². The van der Waals surface area contributed by atoms with Gasteiger partial charge in [-0.25, -0.2) is 4.79 Å². The zero-order valence-corrected chi connectivity index (χ0v) is 14.7. The van der Waals surface area contributed by atoms with Crippen molar-refractivity contribution in [1.29, 1.82) is 0 Å². The number of carbonyl (C=O) groups is 3. The molecule has 0 aliphatic heterocycles. The number of hydrogen-bond donors (Lipinski definition) is 2. The number of rotatable bonds is 8. The molecule has 2 N–H and O–H groups in total. The van der Waals surface area contributed by atoms with Gasteiger partial charge in [-0.05, 0) is 49.9 Å². The van der Waals surface area contributed by atoms with Crippen molar-refractivity contribution in [2.45, 2.75) is 46.6 Å². The lowest BCUT2D eigenvalue weighted by molar-refractivity contribution is -0.124. The van der Waals surface area contributed by atoms with Crippen LogP contribution in [0.15, 0.2) is 24.3 Å². The monoisotopic (exact) mass is 334 g/mol. The predicted molar refractivity (Wildman–Crippen MR) is 92.7 cm³/mol. The van der Waals surface area contributed by atoms with Crippen LogP contribution in [0, 0.1) is 5.92 Å². The normalized spacial score (nSPS) is 11.7. The number of amides is 2. The third kappa shape index (κ3) is 7.76. The summed E-state index contributed by atoms with van der Waals surface area (Å²) in [5.74, 6) is -0.486. The van der Waals surface area contributed by atoms with E-state index in [-0.39, 0.29) is 24.5 Å². The van der Waals surface area contributed by atoms with Crippen LogP contribution in [0.2, 0.25) is 0 Å². The fraction of sp³-hybridized carbons (Fsp3) is 0.500. The molecule has 1 atom stereocenters. The van der Waals surface area contributed by atoms with E-state index in [2.05, 4.69) is 24.5 Å². The van der Waals surface area contributed by atoms with Crippen LogP contribution in [0.3, 0.4) is 0 Å². The van der Waals surface area contributed by atoms with Gasteiger partial charge < -0.3 is 15.4 Å². The van der Waals surface area contributed by atoms with Gasteiger partial charge in [0.15, 0.2) is 6.61 Å². The Morgan fingerprint density at radius 3 is 2.21 bits per heavy atom. The van der Waals surface area contributed by atoms with Crippen molar-refractivity contribution in [1.82, 2.24) is 5.32 Å². The summed E-state index contributed by atoms with van der Waals surface area (Å²) >= 11 is 0. The Hall–Kier alpha value is -2.37. The van der Waals surface area contributed by atoms with Gasteiger partial charge in [0, 0.05) is 18.7 Å². The highest BCUT2D eigenvalue weighted by molar-refractivity contribution is 5.93. The number of hydrogen-bond acceptors (Lipinski definition) is 4. The van der Waals surface area contributed by atoms with Crippen LogP contribution < -0.4 is 10.6 Å². The Balaban J connectivity index is 2.39. The topological polar surface area (TPSA) is 84.5 Å². The van der Waals surface area contributed by atoms with E-state index in [1.807, 2.05) is 6.92 Å². The summed E-state index contributed by atoms with van der Waals surface area (Å²) in [4.78, 5) is 34.6. The largest absolute Gasteiger partial charge is 0.452 e. The minimum Gasteiger partial charge on any atom is -0.452 e. The number of anilines is 1. The van der Waals surface area contributed by atoms with E-state index in [1.54, 1.807) is 12.1 Å². The molecule has 24 heavy (non-hydrogen) atoms. The second-order valence-electron chi connectivity index (χ2n) is 6.27. The second-order valence-corrected chi connectivity index (χ2v) is 6.27. The minimum absolute atomic E-state index is 0.0514. The Kier molecular flexibility index (Phi) is 7.95. The molecule has 0 saturated heterocycles. The fourth-order valence-electron chi connectivity index (χ4n) is 2.08. The van der Waals surface area contributed by atoms with Crippen molar-refractivity contribution in [2.24, 2.45) is 5.92 Å². The quantitative estimate of drug-likeness (QED) is 0.716. The van der Waals surface area contributed by atoms with Gasteiger partial charge in [0.05, 0.1) is 5.56 Å². The summed E-state index contributed by atoms with van der Waals surface area (Å²) in [5.41, 5.74) is 0.917. The van der Waals surface area contributed by atoms with E-state index in [1.165, 1.54) is 19.1 Å². The molecule has 0 fully saturated rings. The highest BCUT2D eigenvalue weighted by Gasteiger charge is 2.12. The van der Waals surface area contributed by atoms with Crippen molar-refractivity contribution >= 4 is 23.5 Å². The number of benzene rings is 1. The Bertz CT molecular complexity index is 567. The summed E-state index contributed by atoms with van der Waals surface area (Å²) in [6.45, 7) is 7.30. The van der Waals surface area contributed by atoms with Crippen molar-refractivity contribution in [3.05, 3.63) is 29.8 Å². The number of nitrogens with one attached hydrogen (secondary N) is 2. The molecular formula is C18H26N2O4. The Labute approximate surface area is 143 Å². The molecule has 132 valence electrons. The van der Waals surface area contributed by atoms with Crippen LogP contribution in [0.5, 0.6) is 0 Å². The van der Waals surface area contributed by atoms with E-state index in [0.717, 1.165) is 12.8 Å². The lowest BCUT2D eigenvalue weighted by Crippen LogP contribution is -2.36. The highest BCUT2D eigenvalue weighted by atomic mass is 16.5. The van der Waals surface area contributed by atoms with Crippen LogP contribution in [-0.2, 0) is 14.3 Å². The van der Waals surface area contributed by atoms with Crippen LogP contribution in [0.25, 0.3) is 0 Å². The van der Waals surface area contributed by atoms with Gasteiger partial charge in [-0.3, -0.25) is 9.59 Å².